The van der Waals surface area contributed by atoms with E-state index in [0.717, 1.165) is 45.6 Å². The number of amides is 1. The fourth-order valence-electron chi connectivity index (χ4n) is 2.89. The van der Waals surface area contributed by atoms with Crippen LogP contribution in [0.3, 0.4) is 0 Å². The van der Waals surface area contributed by atoms with Crippen molar-refractivity contribution in [1.82, 2.24) is 9.80 Å². The van der Waals surface area contributed by atoms with Crippen molar-refractivity contribution in [2.45, 2.75) is 51.9 Å². The van der Waals surface area contributed by atoms with Crippen LogP contribution in [-0.4, -0.2) is 88.6 Å². The summed E-state index contributed by atoms with van der Waals surface area (Å²) in [5.74, 6) is 0.254. The largest absolute Gasteiger partial charge is 0.379 e. The number of likely N-dealkylation sites (N-methyl/N-ethyl adjacent to an activating group) is 1. The smallest absolute Gasteiger partial charge is 0.222 e. The summed E-state index contributed by atoms with van der Waals surface area (Å²) in [6, 6.07) is 0. The quantitative estimate of drug-likeness (QED) is 0.390. The molecule has 0 aromatic heterocycles. The topological polar surface area (TPSA) is 51.2 Å². The van der Waals surface area contributed by atoms with Gasteiger partial charge in [0.2, 0.25) is 5.91 Å². The first-order chi connectivity index (χ1) is 12.7. The number of nitrogens with zero attached hydrogens (tertiary/aromatic N) is 2. The molecule has 154 valence electrons. The van der Waals surface area contributed by atoms with E-state index in [1.165, 1.54) is 25.7 Å². The molecule has 0 saturated carbocycles. The highest BCUT2D eigenvalue weighted by molar-refractivity contribution is 5.76. The average molecular weight is 373 g/mol. The van der Waals surface area contributed by atoms with Crippen molar-refractivity contribution in [3.63, 3.8) is 0 Å². The molecule has 6 nitrogen and oxygen atoms in total. The van der Waals surface area contributed by atoms with Gasteiger partial charge < -0.3 is 24.0 Å². The highest BCUT2D eigenvalue weighted by Gasteiger charge is 2.18. The Morgan fingerprint density at radius 1 is 0.731 bits per heavy atom. The zero-order valence-electron chi connectivity index (χ0n) is 17.0. The SMILES string of the molecule is CCCCCCCOCCOCCOCCCC(=O)N1CCN(C)CC1. The van der Waals surface area contributed by atoms with Gasteiger partial charge in [0, 0.05) is 45.8 Å². The average Bonchev–Trinajstić information content (AvgIpc) is 2.65. The molecule has 1 amide bonds. The first kappa shape index (κ1) is 23.3. The molecule has 0 aliphatic carbocycles. The molecule has 1 saturated heterocycles. The summed E-state index contributed by atoms with van der Waals surface area (Å²) in [4.78, 5) is 16.3. The summed E-state index contributed by atoms with van der Waals surface area (Å²) in [7, 11) is 2.10. The Morgan fingerprint density at radius 3 is 1.88 bits per heavy atom. The molecule has 26 heavy (non-hydrogen) atoms. The minimum atomic E-state index is 0.254. The van der Waals surface area contributed by atoms with Crippen LogP contribution in [0.5, 0.6) is 0 Å². The van der Waals surface area contributed by atoms with Gasteiger partial charge in [-0.2, -0.15) is 0 Å². The number of unbranched alkanes of at least 4 members (excludes halogenated alkanes) is 4. The molecule has 6 heteroatoms. The zero-order valence-corrected chi connectivity index (χ0v) is 17.0. The van der Waals surface area contributed by atoms with E-state index in [9.17, 15) is 4.79 Å². The summed E-state index contributed by atoms with van der Waals surface area (Å²) in [6.07, 6.45) is 7.70. The standard InChI is InChI=1S/C20H40N2O4/c1-3-4-5-6-7-14-24-16-18-26-19-17-25-15-8-9-20(23)22-12-10-21(2)11-13-22/h3-19H2,1-2H3. The lowest BCUT2D eigenvalue weighted by atomic mass is 10.2. The molecule has 0 bridgehead atoms. The van der Waals surface area contributed by atoms with Crippen LogP contribution in [0.4, 0.5) is 0 Å². The van der Waals surface area contributed by atoms with Crippen molar-refractivity contribution >= 4 is 5.91 Å². The molecule has 1 aliphatic heterocycles. The molecule has 0 radical (unpaired) electrons. The van der Waals surface area contributed by atoms with Crippen LogP contribution in [0.1, 0.15) is 51.9 Å². The summed E-state index contributed by atoms with van der Waals surface area (Å²) in [5, 5.41) is 0. The van der Waals surface area contributed by atoms with Crippen molar-refractivity contribution < 1.29 is 19.0 Å². The Labute approximate surface area is 160 Å². The van der Waals surface area contributed by atoms with Gasteiger partial charge in [-0.05, 0) is 19.9 Å². The van der Waals surface area contributed by atoms with E-state index < -0.39 is 0 Å². The van der Waals surface area contributed by atoms with E-state index in [-0.39, 0.29) is 5.91 Å². The Kier molecular flexibility index (Phi) is 14.8. The lowest BCUT2D eigenvalue weighted by Crippen LogP contribution is -2.47. The Balaban J connectivity index is 1.76. The van der Waals surface area contributed by atoms with Crippen molar-refractivity contribution in [3.05, 3.63) is 0 Å². The maximum atomic E-state index is 12.1. The second kappa shape index (κ2) is 16.5. The number of carbonyl (C=O) groups excluding carboxylic acids is 1. The van der Waals surface area contributed by atoms with Crippen LogP contribution in [-0.2, 0) is 19.0 Å². The predicted octanol–water partition coefficient (Wildman–Crippen LogP) is 2.56. The predicted molar refractivity (Wildman–Crippen MR) is 105 cm³/mol. The minimum Gasteiger partial charge on any atom is -0.379 e. The molecule has 0 aromatic carbocycles. The third-order valence-electron chi connectivity index (χ3n) is 4.67. The monoisotopic (exact) mass is 372 g/mol. The lowest BCUT2D eigenvalue weighted by Gasteiger charge is -2.32. The van der Waals surface area contributed by atoms with Crippen molar-refractivity contribution in [1.29, 1.82) is 0 Å². The number of piperazine rings is 1. The van der Waals surface area contributed by atoms with E-state index >= 15 is 0 Å². The highest BCUT2D eigenvalue weighted by atomic mass is 16.5. The summed E-state index contributed by atoms with van der Waals surface area (Å²) >= 11 is 0. The molecule has 0 unspecified atom stereocenters. The minimum absolute atomic E-state index is 0.254. The third kappa shape index (κ3) is 12.6. The molecule has 1 aliphatic rings. The molecular weight excluding hydrogens is 332 g/mol. The van der Waals surface area contributed by atoms with Gasteiger partial charge in [0.05, 0.1) is 26.4 Å². The molecular formula is C20H40N2O4. The van der Waals surface area contributed by atoms with E-state index in [4.69, 9.17) is 14.2 Å². The van der Waals surface area contributed by atoms with Gasteiger partial charge in [-0.1, -0.05) is 32.6 Å². The van der Waals surface area contributed by atoms with Crippen LogP contribution in [0.15, 0.2) is 0 Å². The maximum Gasteiger partial charge on any atom is 0.222 e. The lowest BCUT2D eigenvalue weighted by molar-refractivity contribution is -0.133. The Morgan fingerprint density at radius 2 is 1.27 bits per heavy atom. The van der Waals surface area contributed by atoms with Crippen LogP contribution >= 0.6 is 0 Å². The van der Waals surface area contributed by atoms with Gasteiger partial charge >= 0.3 is 0 Å². The van der Waals surface area contributed by atoms with Crippen molar-refractivity contribution in [3.8, 4) is 0 Å². The van der Waals surface area contributed by atoms with E-state index in [1.54, 1.807) is 0 Å². The number of hydrogen-bond donors (Lipinski definition) is 0. The van der Waals surface area contributed by atoms with Crippen LogP contribution in [0.2, 0.25) is 0 Å². The van der Waals surface area contributed by atoms with Gasteiger partial charge in [0.15, 0.2) is 0 Å². The molecule has 0 spiro atoms. The van der Waals surface area contributed by atoms with E-state index in [2.05, 4.69) is 18.9 Å². The highest BCUT2D eigenvalue weighted by Crippen LogP contribution is 2.04. The fourth-order valence-corrected chi connectivity index (χ4v) is 2.89. The summed E-state index contributed by atoms with van der Waals surface area (Å²) in [6.45, 7) is 9.80. The Bertz CT molecular complexity index is 334. The summed E-state index contributed by atoms with van der Waals surface area (Å²) in [5.41, 5.74) is 0. The van der Waals surface area contributed by atoms with Crippen LogP contribution in [0.25, 0.3) is 0 Å². The fraction of sp³-hybridized carbons (Fsp3) is 0.950. The summed E-state index contributed by atoms with van der Waals surface area (Å²) < 4.78 is 16.5. The van der Waals surface area contributed by atoms with Gasteiger partial charge in [0.1, 0.15) is 0 Å². The second-order valence-corrected chi connectivity index (χ2v) is 7.04. The molecule has 0 N–H and O–H groups in total. The van der Waals surface area contributed by atoms with Crippen molar-refractivity contribution in [2.75, 3.05) is 72.9 Å². The molecule has 1 heterocycles. The van der Waals surface area contributed by atoms with Crippen molar-refractivity contribution in [2.24, 2.45) is 0 Å². The Hall–Kier alpha value is -0.690. The van der Waals surface area contributed by atoms with Crippen LogP contribution in [0, 0.1) is 0 Å². The van der Waals surface area contributed by atoms with Gasteiger partial charge in [0.25, 0.3) is 0 Å². The molecule has 0 aromatic rings. The van der Waals surface area contributed by atoms with Gasteiger partial charge in [-0.25, -0.2) is 0 Å². The third-order valence-corrected chi connectivity index (χ3v) is 4.67. The molecule has 1 fully saturated rings. The van der Waals surface area contributed by atoms with E-state index in [1.807, 2.05) is 4.90 Å². The normalized spacial score (nSPS) is 15.5. The van der Waals surface area contributed by atoms with Gasteiger partial charge in [-0.3, -0.25) is 4.79 Å². The molecule has 0 atom stereocenters. The number of carbonyl (C=O) groups is 1. The molecule has 1 rings (SSSR count). The van der Waals surface area contributed by atoms with Crippen LogP contribution < -0.4 is 0 Å². The first-order valence-corrected chi connectivity index (χ1v) is 10.4. The number of ether oxygens (including phenoxy) is 3. The van der Waals surface area contributed by atoms with Gasteiger partial charge in [-0.15, -0.1) is 0 Å². The first-order valence-electron chi connectivity index (χ1n) is 10.4. The number of rotatable bonds is 16. The zero-order chi connectivity index (χ0) is 18.9. The second-order valence-electron chi connectivity index (χ2n) is 7.04. The number of hydrogen-bond acceptors (Lipinski definition) is 5. The maximum absolute atomic E-state index is 12.1. The van der Waals surface area contributed by atoms with E-state index in [0.29, 0.717) is 39.5 Å².